The van der Waals surface area contributed by atoms with E-state index < -0.39 is 22.8 Å². The molecule has 0 fully saturated rings. The average molecular weight is 449 g/mol. The van der Waals surface area contributed by atoms with E-state index in [9.17, 15) is 22.7 Å². The summed E-state index contributed by atoms with van der Waals surface area (Å²) >= 11 is 0. The highest BCUT2D eigenvalue weighted by atomic mass is 32.2. The Morgan fingerprint density at radius 2 is 1.94 bits per heavy atom. The number of aryl methyl sites for hydroxylation is 2. The van der Waals surface area contributed by atoms with Gasteiger partial charge in [-0.25, -0.2) is 13.2 Å². The lowest BCUT2D eigenvalue weighted by molar-refractivity contribution is 0.119. The van der Waals surface area contributed by atoms with Crippen molar-refractivity contribution in [1.82, 2.24) is 4.90 Å². The second-order valence-corrected chi connectivity index (χ2v) is 9.58. The van der Waals surface area contributed by atoms with Gasteiger partial charge in [0.15, 0.2) is 0 Å². The number of halogens is 1. The summed E-state index contributed by atoms with van der Waals surface area (Å²) in [5.74, 6) is 0. The van der Waals surface area contributed by atoms with Gasteiger partial charge < -0.3 is 10.0 Å². The molecule has 1 atom stereocenters. The van der Waals surface area contributed by atoms with E-state index in [0.717, 1.165) is 29.5 Å². The van der Waals surface area contributed by atoms with Crippen LogP contribution in [0.1, 0.15) is 42.9 Å². The number of nitrogens with one attached hydrogen (secondary N) is 1. The summed E-state index contributed by atoms with van der Waals surface area (Å²) in [5, 5.41) is 9.48. The van der Waals surface area contributed by atoms with E-state index in [1.807, 2.05) is 19.1 Å². The highest BCUT2D eigenvalue weighted by molar-refractivity contribution is 7.92. The fourth-order valence-electron chi connectivity index (χ4n) is 4.06. The third kappa shape index (κ3) is 5.76. The van der Waals surface area contributed by atoms with Crippen LogP contribution in [0.25, 0.3) is 0 Å². The lowest BCUT2D eigenvalue weighted by Crippen LogP contribution is -2.43. The smallest absolute Gasteiger partial charge is 0.407 e. The largest absolute Gasteiger partial charge is 0.465 e. The predicted molar refractivity (Wildman–Crippen MR) is 119 cm³/mol. The molecule has 1 aliphatic rings. The van der Waals surface area contributed by atoms with Crippen LogP contribution < -0.4 is 4.72 Å². The molecule has 2 N–H and O–H groups in total. The van der Waals surface area contributed by atoms with E-state index >= 15 is 0 Å². The molecule has 0 saturated heterocycles. The zero-order valence-corrected chi connectivity index (χ0v) is 18.5. The molecule has 0 heterocycles. The lowest BCUT2D eigenvalue weighted by atomic mass is 9.87. The van der Waals surface area contributed by atoms with Gasteiger partial charge in [-0.1, -0.05) is 25.1 Å². The van der Waals surface area contributed by atoms with E-state index in [-0.39, 0.29) is 10.9 Å². The Morgan fingerprint density at radius 3 is 2.58 bits per heavy atom. The van der Waals surface area contributed by atoms with Gasteiger partial charge >= 0.3 is 6.09 Å². The minimum Gasteiger partial charge on any atom is -0.465 e. The number of rotatable bonds is 9. The highest BCUT2D eigenvalue weighted by Gasteiger charge is 2.27. The summed E-state index contributed by atoms with van der Waals surface area (Å²) in [6.07, 6.45) is 2.93. The molecule has 0 saturated carbocycles. The van der Waals surface area contributed by atoms with Gasteiger partial charge in [0, 0.05) is 18.3 Å². The molecule has 0 bridgehead atoms. The van der Waals surface area contributed by atoms with Crippen molar-refractivity contribution in [2.75, 3.05) is 17.9 Å². The maximum absolute atomic E-state index is 12.7. The first kappa shape index (κ1) is 23.1. The summed E-state index contributed by atoms with van der Waals surface area (Å²) in [4.78, 5) is 13.2. The van der Waals surface area contributed by atoms with E-state index in [1.165, 1.54) is 17.0 Å². The Bertz CT molecular complexity index is 1010. The number of fused-ring (bicyclic) bond motifs is 1. The van der Waals surface area contributed by atoms with Crippen molar-refractivity contribution < 1.29 is 22.7 Å². The Morgan fingerprint density at radius 1 is 1.19 bits per heavy atom. The summed E-state index contributed by atoms with van der Waals surface area (Å²) < 4.78 is 40.4. The molecule has 0 unspecified atom stereocenters. The molecule has 3 rings (SSSR count). The van der Waals surface area contributed by atoms with Crippen LogP contribution in [0.2, 0.25) is 0 Å². The Hall–Kier alpha value is -2.61. The number of carbonyl (C=O) groups is 1. The van der Waals surface area contributed by atoms with Gasteiger partial charge in [-0.15, -0.1) is 0 Å². The van der Waals surface area contributed by atoms with Crippen LogP contribution in [0.15, 0.2) is 47.4 Å². The second-order valence-electron chi connectivity index (χ2n) is 7.90. The lowest BCUT2D eigenvalue weighted by Gasteiger charge is -2.33. The standard InChI is InChI=1S/C23H29FN2O4S/c1-2-14-26(23(27)28)21-10-8-18-15-20(9-7-19(18)16-21)25-31(29,30)22-11-5-17(6-12-22)4-3-13-24/h5-7,9,11-12,15,21,25H,2-4,8,10,13-14,16H2,1H3,(H,27,28)/t21-/m1/s1. The number of hydrogen-bond acceptors (Lipinski definition) is 3. The summed E-state index contributed by atoms with van der Waals surface area (Å²) in [6, 6.07) is 11.9. The van der Waals surface area contributed by atoms with Crippen LogP contribution in [0.5, 0.6) is 0 Å². The molecule has 0 spiro atoms. The Kier molecular flexibility index (Phi) is 7.54. The van der Waals surface area contributed by atoms with Crippen molar-refractivity contribution in [2.24, 2.45) is 0 Å². The van der Waals surface area contributed by atoms with Gasteiger partial charge in [-0.05, 0) is 79.5 Å². The quantitative estimate of drug-likeness (QED) is 0.585. The monoisotopic (exact) mass is 448 g/mol. The second kappa shape index (κ2) is 10.1. The van der Waals surface area contributed by atoms with E-state index in [4.69, 9.17) is 0 Å². The van der Waals surface area contributed by atoms with Gasteiger partial charge in [0.1, 0.15) is 0 Å². The molecule has 6 nitrogen and oxygen atoms in total. The number of alkyl halides is 1. The zero-order chi connectivity index (χ0) is 22.4. The number of anilines is 1. The number of amides is 1. The van der Waals surface area contributed by atoms with Crippen molar-refractivity contribution in [3.63, 3.8) is 0 Å². The first-order chi connectivity index (χ1) is 14.8. The van der Waals surface area contributed by atoms with E-state index in [0.29, 0.717) is 37.9 Å². The SMILES string of the molecule is CCCN(C(=O)O)[C@@H]1CCc2cc(NS(=O)(=O)c3ccc(CCCF)cc3)ccc2C1. The van der Waals surface area contributed by atoms with Gasteiger partial charge in [-0.3, -0.25) is 9.11 Å². The molecule has 1 aliphatic carbocycles. The highest BCUT2D eigenvalue weighted by Crippen LogP contribution is 2.28. The Labute approximate surface area is 183 Å². The molecule has 2 aromatic rings. The molecule has 1 amide bonds. The molecule has 2 aromatic carbocycles. The molecular weight excluding hydrogens is 419 g/mol. The summed E-state index contributed by atoms with van der Waals surface area (Å²) in [7, 11) is -3.73. The third-order valence-electron chi connectivity index (χ3n) is 5.64. The number of hydrogen-bond donors (Lipinski definition) is 2. The van der Waals surface area contributed by atoms with Crippen LogP contribution >= 0.6 is 0 Å². The van der Waals surface area contributed by atoms with Crippen molar-refractivity contribution in [3.8, 4) is 0 Å². The molecule has 168 valence electrons. The van der Waals surface area contributed by atoms with Crippen LogP contribution in [0.4, 0.5) is 14.9 Å². The maximum atomic E-state index is 12.7. The number of benzene rings is 2. The molecule has 0 aromatic heterocycles. The third-order valence-corrected chi connectivity index (χ3v) is 7.04. The van der Waals surface area contributed by atoms with Crippen LogP contribution in [-0.4, -0.2) is 43.8 Å². The van der Waals surface area contributed by atoms with Gasteiger partial charge in [-0.2, -0.15) is 0 Å². The van der Waals surface area contributed by atoms with Crippen LogP contribution in [0, 0.1) is 0 Å². The van der Waals surface area contributed by atoms with Crippen molar-refractivity contribution in [1.29, 1.82) is 0 Å². The van der Waals surface area contributed by atoms with Gasteiger partial charge in [0.2, 0.25) is 0 Å². The van der Waals surface area contributed by atoms with Crippen molar-refractivity contribution in [3.05, 3.63) is 59.2 Å². The van der Waals surface area contributed by atoms with Gasteiger partial charge in [0.25, 0.3) is 10.0 Å². The zero-order valence-electron chi connectivity index (χ0n) is 17.7. The first-order valence-corrected chi connectivity index (χ1v) is 12.1. The molecule has 31 heavy (non-hydrogen) atoms. The fourth-order valence-corrected chi connectivity index (χ4v) is 5.11. The van der Waals surface area contributed by atoms with E-state index in [2.05, 4.69) is 4.72 Å². The maximum Gasteiger partial charge on any atom is 0.407 e. The predicted octanol–water partition coefficient (Wildman–Crippen LogP) is 4.64. The molecule has 8 heteroatoms. The average Bonchev–Trinajstić information content (AvgIpc) is 2.75. The molecular formula is C23H29FN2O4S. The van der Waals surface area contributed by atoms with Crippen LogP contribution in [-0.2, 0) is 29.3 Å². The fraction of sp³-hybridized carbons (Fsp3) is 0.435. The minimum atomic E-state index is -3.73. The summed E-state index contributed by atoms with van der Waals surface area (Å²) in [5.41, 5.74) is 3.49. The van der Waals surface area contributed by atoms with E-state index in [1.54, 1.807) is 18.2 Å². The van der Waals surface area contributed by atoms with Crippen LogP contribution in [0.3, 0.4) is 0 Å². The normalized spacial score (nSPS) is 15.9. The number of carboxylic acid groups (broad SMARTS) is 1. The van der Waals surface area contributed by atoms with Crippen molar-refractivity contribution in [2.45, 2.75) is 56.4 Å². The molecule has 0 radical (unpaired) electrons. The Balaban J connectivity index is 1.71. The van der Waals surface area contributed by atoms with Gasteiger partial charge in [0.05, 0.1) is 11.6 Å². The number of nitrogens with zero attached hydrogens (tertiary/aromatic N) is 1. The minimum absolute atomic E-state index is 0.0524. The van der Waals surface area contributed by atoms with Crippen molar-refractivity contribution >= 4 is 21.8 Å². The molecule has 0 aliphatic heterocycles. The number of sulfonamides is 1. The topological polar surface area (TPSA) is 86.7 Å². The summed E-state index contributed by atoms with van der Waals surface area (Å²) in [6.45, 7) is 2.08. The first-order valence-electron chi connectivity index (χ1n) is 10.6.